The average molecular weight is 682 g/mol. The van der Waals surface area contributed by atoms with E-state index in [2.05, 4.69) is 0 Å². The maximum atomic E-state index is 14.8. The normalized spacial score (nSPS) is 15.0. The number of nitrogens with zero attached hydrogens (tertiary/aromatic N) is 1. The number of rotatable bonds is 6. The van der Waals surface area contributed by atoms with Crippen molar-refractivity contribution in [3.63, 3.8) is 0 Å². The largest absolute Gasteiger partial charge is 0.339 e. The summed E-state index contributed by atoms with van der Waals surface area (Å²) in [7, 11) is -7.67. The van der Waals surface area contributed by atoms with Gasteiger partial charge in [0, 0.05) is 45.7 Å². The van der Waals surface area contributed by atoms with Crippen LogP contribution in [0.5, 0.6) is 0 Å². The molecule has 0 saturated carbocycles. The Bertz CT molecular complexity index is 1930. The summed E-state index contributed by atoms with van der Waals surface area (Å²) in [6.45, 7) is 0.217. The van der Waals surface area contributed by atoms with E-state index in [1.54, 1.807) is 18.2 Å². The molecule has 15 heteroatoms. The standard InChI is InChI=1S/C25H17Cl4FN2O5S3/c26-15-3-1-14(19(27)8-15)11-32-21-5-6-39(34,35)12-18(21)17-9-16(30)7-13(24(17)32)2-4-22(33)31-40(36,37)23-10-20(28)25(29)38-23/h1-4,7-10H,5-6,11-12H2,(H,31,33)/b4-2+. The number of nitrogens with one attached hydrogen (secondary N) is 1. The number of fused-ring (bicyclic) bond motifs is 3. The van der Waals surface area contributed by atoms with Crippen LogP contribution in [-0.4, -0.2) is 33.1 Å². The van der Waals surface area contributed by atoms with Crippen molar-refractivity contribution in [1.82, 2.24) is 9.29 Å². The second kappa shape index (κ2) is 10.9. The average Bonchev–Trinajstić information content (AvgIpc) is 3.35. The first-order valence-electron chi connectivity index (χ1n) is 11.4. The summed E-state index contributed by atoms with van der Waals surface area (Å²) in [4.78, 5) is 12.6. The van der Waals surface area contributed by atoms with Gasteiger partial charge in [-0.2, -0.15) is 0 Å². The van der Waals surface area contributed by atoms with Gasteiger partial charge in [-0.1, -0.05) is 52.5 Å². The third kappa shape index (κ3) is 5.92. The summed E-state index contributed by atoms with van der Waals surface area (Å²) in [5.74, 6) is -1.99. The van der Waals surface area contributed by atoms with E-state index in [9.17, 15) is 26.0 Å². The number of hydrogen-bond acceptors (Lipinski definition) is 6. The van der Waals surface area contributed by atoms with Crippen molar-refractivity contribution < 1.29 is 26.0 Å². The van der Waals surface area contributed by atoms with Crippen LogP contribution >= 0.6 is 57.7 Å². The van der Waals surface area contributed by atoms with E-state index in [0.29, 0.717) is 49.1 Å². The Morgan fingerprint density at radius 1 is 1.10 bits per heavy atom. The highest BCUT2D eigenvalue weighted by molar-refractivity contribution is 7.92. The molecule has 0 bridgehead atoms. The zero-order valence-electron chi connectivity index (χ0n) is 20.1. The fourth-order valence-corrected chi connectivity index (χ4v) is 9.26. The van der Waals surface area contributed by atoms with Gasteiger partial charge in [0.1, 0.15) is 14.4 Å². The monoisotopic (exact) mass is 680 g/mol. The molecule has 0 aliphatic carbocycles. The summed E-state index contributed by atoms with van der Waals surface area (Å²) < 4.78 is 68.5. The second-order valence-electron chi connectivity index (χ2n) is 8.97. The highest BCUT2D eigenvalue weighted by Crippen LogP contribution is 2.37. The van der Waals surface area contributed by atoms with E-state index in [4.69, 9.17) is 46.4 Å². The van der Waals surface area contributed by atoms with E-state index in [0.717, 1.165) is 12.1 Å². The summed E-state index contributed by atoms with van der Waals surface area (Å²) >= 11 is 24.8. The third-order valence-corrected chi connectivity index (χ3v) is 12.1. The summed E-state index contributed by atoms with van der Waals surface area (Å²) in [6.07, 6.45) is 2.42. The van der Waals surface area contributed by atoms with Gasteiger partial charge in [-0.15, -0.1) is 11.3 Å². The number of carbonyl (C=O) groups excluding carboxylic acids is 1. The van der Waals surface area contributed by atoms with Gasteiger partial charge in [0.2, 0.25) is 0 Å². The molecule has 0 spiro atoms. The maximum Gasteiger partial charge on any atom is 0.273 e. The van der Waals surface area contributed by atoms with Crippen LogP contribution in [0, 0.1) is 5.82 Å². The molecule has 7 nitrogen and oxygen atoms in total. The van der Waals surface area contributed by atoms with Crippen molar-refractivity contribution in [2.24, 2.45) is 0 Å². The molecule has 0 unspecified atom stereocenters. The molecule has 3 heterocycles. The van der Waals surface area contributed by atoms with Crippen LogP contribution < -0.4 is 4.72 Å². The minimum absolute atomic E-state index is 0.0321. The van der Waals surface area contributed by atoms with Crippen LogP contribution in [0.15, 0.2) is 46.7 Å². The zero-order valence-corrected chi connectivity index (χ0v) is 25.5. The van der Waals surface area contributed by atoms with E-state index in [-0.39, 0.29) is 43.6 Å². The molecule has 0 radical (unpaired) electrons. The SMILES string of the molecule is O=C(/C=C/c1cc(F)cc2c3c(n(Cc4ccc(Cl)cc4Cl)c12)CCS(=O)(=O)C3)NS(=O)(=O)c1cc(Cl)c(Cl)s1. The first kappa shape index (κ1) is 29.4. The summed E-state index contributed by atoms with van der Waals surface area (Å²) in [5.41, 5.74) is 2.57. The van der Waals surface area contributed by atoms with Crippen LogP contribution in [0.3, 0.4) is 0 Å². The lowest BCUT2D eigenvalue weighted by molar-refractivity contribution is -0.114. The number of hydrogen-bond donors (Lipinski definition) is 1. The number of thiophene rings is 1. The Kier molecular flexibility index (Phi) is 8.03. The van der Waals surface area contributed by atoms with Crippen molar-refractivity contribution in [2.45, 2.75) is 22.9 Å². The number of halogens is 5. The van der Waals surface area contributed by atoms with E-state index in [1.807, 2.05) is 9.29 Å². The number of carbonyl (C=O) groups is 1. The highest BCUT2D eigenvalue weighted by atomic mass is 35.5. The molecule has 4 aromatic rings. The minimum Gasteiger partial charge on any atom is -0.339 e. The summed E-state index contributed by atoms with van der Waals surface area (Å²) in [6, 6.07) is 8.55. The zero-order chi connectivity index (χ0) is 29.0. The van der Waals surface area contributed by atoms with Gasteiger partial charge in [-0.25, -0.2) is 25.9 Å². The minimum atomic E-state index is -4.26. The Hall–Kier alpha value is -2.12. The van der Waals surface area contributed by atoms with Gasteiger partial charge in [0.25, 0.3) is 15.9 Å². The van der Waals surface area contributed by atoms with Gasteiger partial charge in [-0.3, -0.25) is 4.79 Å². The lowest BCUT2D eigenvalue weighted by Gasteiger charge is -2.17. The first-order valence-corrected chi connectivity index (χ1v) is 17.0. The van der Waals surface area contributed by atoms with Crippen molar-refractivity contribution in [2.75, 3.05) is 5.75 Å². The Balaban J connectivity index is 1.59. The molecule has 5 rings (SSSR count). The molecule has 0 saturated heterocycles. The molecule has 2 aromatic heterocycles. The predicted octanol–water partition coefficient (Wildman–Crippen LogP) is 6.49. The molecule has 1 amide bonds. The van der Waals surface area contributed by atoms with Gasteiger partial charge < -0.3 is 4.57 Å². The second-order valence-corrected chi connectivity index (χ2v) is 16.0. The van der Waals surface area contributed by atoms with Gasteiger partial charge >= 0.3 is 0 Å². The molecular formula is C25H17Cl4FN2O5S3. The van der Waals surface area contributed by atoms with Crippen molar-refractivity contribution in [3.05, 3.63) is 90.1 Å². The lowest BCUT2D eigenvalue weighted by atomic mass is 10.1. The number of aromatic nitrogens is 1. The van der Waals surface area contributed by atoms with Crippen molar-refractivity contribution in [1.29, 1.82) is 0 Å². The molecule has 1 N–H and O–H groups in total. The van der Waals surface area contributed by atoms with E-state index >= 15 is 0 Å². The molecule has 1 aliphatic heterocycles. The molecule has 210 valence electrons. The molecule has 0 atom stereocenters. The number of benzene rings is 2. The van der Waals surface area contributed by atoms with Gasteiger partial charge in [-0.05, 0) is 47.5 Å². The van der Waals surface area contributed by atoms with Gasteiger partial charge in [0.15, 0.2) is 9.84 Å². The van der Waals surface area contributed by atoms with Crippen LogP contribution in [0.2, 0.25) is 19.4 Å². The topological polar surface area (TPSA) is 102 Å². The van der Waals surface area contributed by atoms with Crippen LogP contribution in [-0.2, 0) is 43.4 Å². The molecule has 2 aromatic carbocycles. The Morgan fingerprint density at radius 2 is 1.85 bits per heavy atom. The molecule has 1 aliphatic rings. The van der Waals surface area contributed by atoms with Crippen molar-refractivity contribution in [3.8, 4) is 0 Å². The quantitative estimate of drug-likeness (QED) is 0.234. The number of amides is 1. The Labute approximate surface area is 253 Å². The lowest BCUT2D eigenvalue weighted by Crippen LogP contribution is -2.28. The highest BCUT2D eigenvalue weighted by Gasteiger charge is 2.29. The maximum absolute atomic E-state index is 14.8. The number of sulfonamides is 1. The van der Waals surface area contributed by atoms with Crippen LogP contribution in [0.4, 0.5) is 4.39 Å². The number of sulfone groups is 1. The van der Waals surface area contributed by atoms with Crippen LogP contribution in [0.1, 0.15) is 22.4 Å². The predicted molar refractivity (Wildman–Crippen MR) is 157 cm³/mol. The summed E-state index contributed by atoms with van der Waals surface area (Å²) in [5, 5.41) is 1.24. The third-order valence-electron chi connectivity index (χ3n) is 6.27. The van der Waals surface area contributed by atoms with E-state index in [1.165, 1.54) is 18.2 Å². The molecule has 0 fully saturated rings. The smallest absolute Gasteiger partial charge is 0.273 e. The fourth-order valence-electron chi connectivity index (χ4n) is 4.56. The molecular weight excluding hydrogens is 665 g/mol. The first-order chi connectivity index (χ1) is 18.7. The van der Waals surface area contributed by atoms with E-state index < -0.39 is 31.6 Å². The Morgan fingerprint density at radius 3 is 2.52 bits per heavy atom. The van der Waals surface area contributed by atoms with Gasteiger partial charge in [0.05, 0.1) is 22.0 Å². The fraction of sp³-hybridized carbons (Fsp3) is 0.160. The van der Waals surface area contributed by atoms with Crippen molar-refractivity contribution >= 4 is 100 Å². The van der Waals surface area contributed by atoms with Crippen LogP contribution in [0.25, 0.3) is 17.0 Å². The molecule has 40 heavy (non-hydrogen) atoms.